The molecule has 0 radical (unpaired) electrons. The van der Waals surface area contributed by atoms with E-state index in [4.69, 9.17) is 11.6 Å². The number of nitrogens with zero attached hydrogens (tertiary/aromatic N) is 1. The Morgan fingerprint density at radius 1 is 0.806 bits per heavy atom. The molecule has 0 bridgehead atoms. The minimum absolute atomic E-state index is 0.00223. The number of para-hydroxylation sites is 1. The molecule has 7 nitrogen and oxygen atoms in total. The first-order valence-corrected chi connectivity index (χ1v) is 8.85. The van der Waals surface area contributed by atoms with Crippen molar-refractivity contribution < 1.29 is 27.7 Å². The zero-order valence-corrected chi connectivity index (χ0v) is 16.0. The van der Waals surface area contributed by atoms with E-state index in [2.05, 4.69) is 10.6 Å². The predicted molar refractivity (Wildman–Crippen MR) is 107 cm³/mol. The number of hydrogen-bond donors (Lipinski definition) is 2. The van der Waals surface area contributed by atoms with Crippen LogP contribution >= 0.6 is 11.6 Å². The van der Waals surface area contributed by atoms with Crippen molar-refractivity contribution in [3.63, 3.8) is 0 Å². The normalized spacial score (nSPS) is 10.5. The third-order valence-electron chi connectivity index (χ3n) is 4.09. The number of halogens is 4. The fourth-order valence-corrected chi connectivity index (χ4v) is 2.85. The maximum Gasteiger partial charge on any atom is 0.270 e. The summed E-state index contributed by atoms with van der Waals surface area (Å²) in [6.45, 7) is 0. The van der Waals surface area contributed by atoms with Crippen LogP contribution in [0.25, 0.3) is 0 Å². The Labute approximate surface area is 177 Å². The van der Waals surface area contributed by atoms with Crippen molar-refractivity contribution in [2.45, 2.75) is 0 Å². The second-order valence-corrected chi connectivity index (χ2v) is 6.53. The number of nitro groups is 1. The molecule has 0 aliphatic heterocycles. The van der Waals surface area contributed by atoms with Crippen molar-refractivity contribution in [3.05, 3.63) is 98.3 Å². The Morgan fingerprint density at radius 3 is 2.10 bits per heavy atom. The first kappa shape index (κ1) is 21.8. The highest BCUT2D eigenvalue weighted by Gasteiger charge is 2.19. The largest absolute Gasteiger partial charge is 0.321 e. The summed E-state index contributed by atoms with van der Waals surface area (Å²) in [6.07, 6.45) is 0. The summed E-state index contributed by atoms with van der Waals surface area (Å²) in [4.78, 5) is 35.2. The lowest BCUT2D eigenvalue weighted by Gasteiger charge is -2.12. The van der Waals surface area contributed by atoms with Gasteiger partial charge in [-0.25, -0.2) is 13.2 Å². The molecule has 0 atom stereocenters. The van der Waals surface area contributed by atoms with Gasteiger partial charge in [0.15, 0.2) is 11.6 Å². The maximum absolute atomic E-state index is 13.8. The molecule has 3 rings (SSSR count). The quantitative estimate of drug-likeness (QED) is 0.319. The van der Waals surface area contributed by atoms with Crippen molar-refractivity contribution in [3.8, 4) is 0 Å². The first-order chi connectivity index (χ1) is 14.7. The average molecular weight is 450 g/mol. The van der Waals surface area contributed by atoms with Gasteiger partial charge in [0, 0.05) is 24.3 Å². The molecule has 3 aromatic rings. The molecule has 11 heteroatoms. The van der Waals surface area contributed by atoms with Crippen molar-refractivity contribution in [2.75, 3.05) is 10.6 Å². The summed E-state index contributed by atoms with van der Waals surface area (Å²) in [5, 5.41) is 15.1. The van der Waals surface area contributed by atoms with Crippen LogP contribution in [0.2, 0.25) is 5.02 Å². The van der Waals surface area contributed by atoms with E-state index >= 15 is 0 Å². The fourth-order valence-electron chi connectivity index (χ4n) is 2.59. The number of carbonyl (C=O) groups is 2. The molecule has 0 heterocycles. The minimum Gasteiger partial charge on any atom is -0.321 e. The standard InChI is InChI=1S/C20H11ClF3N3O4/c21-13-7-10(27(30)31)5-6-11(13)19(28)25-17-4-2-1-3-12(17)20(29)26-18-9-15(23)14(22)8-16(18)24/h1-9H,(H,25,28)(H,26,29). The van der Waals surface area contributed by atoms with Gasteiger partial charge in [-0.15, -0.1) is 0 Å². The molecule has 0 saturated heterocycles. The SMILES string of the molecule is O=C(Nc1ccccc1C(=O)Nc1cc(F)c(F)cc1F)c1ccc([N+](=O)[O-])cc1Cl. The molecular weight excluding hydrogens is 439 g/mol. The number of hydrogen-bond acceptors (Lipinski definition) is 4. The monoisotopic (exact) mass is 449 g/mol. The number of anilines is 2. The van der Waals surface area contributed by atoms with E-state index in [9.17, 15) is 32.9 Å². The third-order valence-corrected chi connectivity index (χ3v) is 4.40. The topological polar surface area (TPSA) is 101 Å². The van der Waals surface area contributed by atoms with Gasteiger partial charge in [-0.2, -0.15) is 0 Å². The third kappa shape index (κ3) is 4.81. The maximum atomic E-state index is 13.8. The minimum atomic E-state index is -1.41. The van der Waals surface area contributed by atoms with Crippen molar-refractivity contribution in [2.24, 2.45) is 0 Å². The Bertz CT molecular complexity index is 1220. The van der Waals surface area contributed by atoms with Crippen LogP contribution in [0.5, 0.6) is 0 Å². The summed E-state index contributed by atoms with van der Waals surface area (Å²) in [6, 6.07) is 9.65. The van der Waals surface area contributed by atoms with E-state index < -0.39 is 39.9 Å². The van der Waals surface area contributed by atoms with Gasteiger partial charge in [0.05, 0.1) is 32.4 Å². The number of rotatable bonds is 5. The highest BCUT2D eigenvalue weighted by Crippen LogP contribution is 2.25. The summed E-state index contributed by atoms with van der Waals surface area (Å²) < 4.78 is 40.2. The highest BCUT2D eigenvalue weighted by molar-refractivity contribution is 6.34. The van der Waals surface area contributed by atoms with Gasteiger partial charge in [0.1, 0.15) is 5.82 Å². The molecule has 0 aliphatic carbocycles. The summed E-state index contributed by atoms with van der Waals surface area (Å²) >= 11 is 5.94. The van der Waals surface area contributed by atoms with E-state index in [0.29, 0.717) is 6.07 Å². The first-order valence-electron chi connectivity index (χ1n) is 8.47. The predicted octanol–water partition coefficient (Wildman–Crippen LogP) is 5.17. The molecule has 31 heavy (non-hydrogen) atoms. The molecule has 2 N–H and O–H groups in total. The van der Waals surface area contributed by atoms with Gasteiger partial charge in [0.2, 0.25) is 0 Å². The fraction of sp³-hybridized carbons (Fsp3) is 0. The molecule has 0 aliphatic rings. The van der Waals surface area contributed by atoms with Gasteiger partial charge in [-0.05, 0) is 18.2 Å². The second kappa shape index (κ2) is 8.84. The van der Waals surface area contributed by atoms with Gasteiger partial charge >= 0.3 is 0 Å². The summed E-state index contributed by atoms with van der Waals surface area (Å²) in [5.74, 6) is -5.63. The molecule has 158 valence electrons. The van der Waals surface area contributed by atoms with Crippen molar-refractivity contribution >= 4 is 40.5 Å². The number of benzene rings is 3. The lowest BCUT2D eigenvalue weighted by molar-refractivity contribution is -0.384. The lowest BCUT2D eigenvalue weighted by atomic mass is 10.1. The molecule has 3 aromatic carbocycles. The molecule has 0 spiro atoms. The van der Waals surface area contributed by atoms with E-state index in [1.807, 2.05) is 0 Å². The Balaban J connectivity index is 1.85. The Hall–Kier alpha value is -3.92. The summed E-state index contributed by atoms with van der Waals surface area (Å²) in [7, 11) is 0. The Kier molecular flexibility index (Phi) is 6.21. The van der Waals surface area contributed by atoms with E-state index in [1.165, 1.54) is 24.3 Å². The van der Waals surface area contributed by atoms with Gasteiger partial charge in [0.25, 0.3) is 17.5 Å². The van der Waals surface area contributed by atoms with Crippen molar-refractivity contribution in [1.29, 1.82) is 0 Å². The van der Waals surface area contributed by atoms with E-state index in [1.54, 1.807) is 0 Å². The molecule has 2 amide bonds. The van der Waals surface area contributed by atoms with Gasteiger partial charge in [-0.3, -0.25) is 19.7 Å². The summed E-state index contributed by atoms with van der Waals surface area (Å²) in [5.41, 5.74) is -1.10. The number of amides is 2. The number of carbonyl (C=O) groups excluding carboxylic acids is 2. The van der Waals surface area contributed by atoms with Crippen LogP contribution in [-0.2, 0) is 0 Å². The van der Waals surface area contributed by atoms with Crippen LogP contribution in [0.15, 0.2) is 54.6 Å². The number of non-ortho nitro benzene ring substituents is 1. The van der Waals surface area contributed by atoms with Crippen molar-refractivity contribution in [1.82, 2.24) is 0 Å². The van der Waals surface area contributed by atoms with Crippen LogP contribution in [0.3, 0.4) is 0 Å². The number of nitro benzene ring substituents is 1. The van der Waals surface area contributed by atoms with Crippen LogP contribution < -0.4 is 10.6 Å². The molecule has 0 fully saturated rings. The zero-order valence-electron chi connectivity index (χ0n) is 15.3. The lowest BCUT2D eigenvalue weighted by Crippen LogP contribution is -2.19. The Morgan fingerprint density at radius 2 is 1.42 bits per heavy atom. The van der Waals surface area contributed by atoms with Crippen LogP contribution in [0.4, 0.5) is 30.2 Å². The molecule has 0 unspecified atom stereocenters. The second-order valence-electron chi connectivity index (χ2n) is 6.12. The number of nitrogens with one attached hydrogen (secondary N) is 2. The smallest absolute Gasteiger partial charge is 0.270 e. The van der Waals surface area contributed by atoms with Gasteiger partial charge in [-0.1, -0.05) is 23.7 Å². The molecule has 0 saturated carbocycles. The van der Waals surface area contributed by atoms with E-state index in [0.717, 1.165) is 18.2 Å². The van der Waals surface area contributed by atoms with Crippen LogP contribution in [0.1, 0.15) is 20.7 Å². The zero-order chi connectivity index (χ0) is 22.7. The highest BCUT2D eigenvalue weighted by atomic mass is 35.5. The molecular formula is C20H11ClF3N3O4. The van der Waals surface area contributed by atoms with Gasteiger partial charge < -0.3 is 10.6 Å². The van der Waals surface area contributed by atoms with E-state index in [-0.39, 0.29) is 33.6 Å². The molecule has 0 aromatic heterocycles. The van der Waals surface area contributed by atoms with Crippen LogP contribution in [0, 0.1) is 27.6 Å². The average Bonchev–Trinajstić information content (AvgIpc) is 2.72. The van der Waals surface area contributed by atoms with Crippen LogP contribution in [-0.4, -0.2) is 16.7 Å².